The lowest BCUT2D eigenvalue weighted by atomic mass is 9.83. The molecule has 1 unspecified atom stereocenters. The lowest BCUT2D eigenvalue weighted by Gasteiger charge is -2.39. The predicted molar refractivity (Wildman–Crippen MR) is 90.1 cm³/mol. The zero-order valence-electron chi connectivity index (χ0n) is 12.5. The Morgan fingerprint density at radius 2 is 1.95 bits per heavy atom. The smallest absolute Gasteiger partial charge is 0.0637 e. The van der Waals surface area contributed by atoms with Gasteiger partial charge in [-0.05, 0) is 30.4 Å². The van der Waals surface area contributed by atoms with E-state index in [0.717, 1.165) is 37.7 Å². The highest BCUT2D eigenvalue weighted by atomic mass is 35.5. The Bertz CT molecular complexity index is 472. The minimum Gasteiger partial charge on any atom is -0.311 e. The van der Waals surface area contributed by atoms with Gasteiger partial charge in [-0.1, -0.05) is 54.6 Å². The Hall–Kier alpha value is -0.280. The number of benzene rings is 1. The van der Waals surface area contributed by atoms with Gasteiger partial charge in [-0.15, -0.1) is 0 Å². The van der Waals surface area contributed by atoms with Gasteiger partial charge in [-0.3, -0.25) is 4.90 Å². The van der Waals surface area contributed by atoms with Gasteiger partial charge in [-0.2, -0.15) is 0 Å². The molecule has 0 spiro atoms. The van der Waals surface area contributed by atoms with E-state index in [2.05, 4.69) is 16.3 Å². The Labute approximate surface area is 137 Å². The Balaban J connectivity index is 1.62. The Morgan fingerprint density at radius 3 is 2.76 bits per heavy atom. The molecule has 21 heavy (non-hydrogen) atoms. The molecule has 1 heterocycles. The molecule has 2 fully saturated rings. The quantitative estimate of drug-likeness (QED) is 0.888. The van der Waals surface area contributed by atoms with Crippen LogP contribution in [0.25, 0.3) is 0 Å². The normalized spacial score (nSPS) is 25.1. The van der Waals surface area contributed by atoms with Crippen LogP contribution in [0.1, 0.15) is 37.7 Å². The van der Waals surface area contributed by atoms with Crippen molar-refractivity contribution in [3.8, 4) is 0 Å². The summed E-state index contributed by atoms with van der Waals surface area (Å²) in [6.45, 7) is 4.21. The number of nitrogens with one attached hydrogen (secondary N) is 1. The van der Waals surface area contributed by atoms with Gasteiger partial charge in [-0.25, -0.2) is 0 Å². The van der Waals surface area contributed by atoms with Crippen molar-refractivity contribution in [2.24, 2.45) is 5.92 Å². The first-order chi connectivity index (χ1) is 10.2. The van der Waals surface area contributed by atoms with Crippen LogP contribution in [0.5, 0.6) is 0 Å². The van der Waals surface area contributed by atoms with E-state index in [0.29, 0.717) is 16.1 Å². The molecule has 0 bridgehead atoms. The molecule has 4 heteroatoms. The summed E-state index contributed by atoms with van der Waals surface area (Å²) in [4.78, 5) is 2.52. The predicted octanol–water partition coefficient (Wildman–Crippen LogP) is 4.35. The van der Waals surface area contributed by atoms with Gasteiger partial charge in [0, 0.05) is 32.2 Å². The first-order valence-electron chi connectivity index (χ1n) is 8.12. The second-order valence-corrected chi connectivity index (χ2v) is 7.19. The average molecular weight is 327 g/mol. The summed E-state index contributed by atoms with van der Waals surface area (Å²) in [5, 5.41) is 5.10. The molecule has 1 aromatic rings. The van der Waals surface area contributed by atoms with Crippen LogP contribution in [0, 0.1) is 5.92 Å². The van der Waals surface area contributed by atoms with Gasteiger partial charge in [0.2, 0.25) is 0 Å². The first-order valence-corrected chi connectivity index (χ1v) is 8.88. The number of hydrogen-bond acceptors (Lipinski definition) is 2. The van der Waals surface area contributed by atoms with Crippen molar-refractivity contribution < 1.29 is 0 Å². The summed E-state index contributed by atoms with van der Waals surface area (Å²) < 4.78 is 0. The summed E-state index contributed by atoms with van der Waals surface area (Å²) in [6, 6.07) is 6.59. The lowest BCUT2D eigenvalue weighted by molar-refractivity contribution is 0.141. The number of halogens is 2. The van der Waals surface area contributed by atoms with Gasteiger partial charge >= 0.3 is 0 Å². The molecule has 3 rings (SSSR count). The summed E-state index contributed by atoms with van der Waals surface area (Å²) in [5.41, 5.74) is 1.15. The molecule has 1 aliphatic heterocycles. The Kier molecular flexibility index (Phi) is 5.44. The lowest BCUT2D eigenvalue weighted by Crippen LogP contribution is -2.53. The van der Waals surface area contributed by atoms with E-state index in [1.165, 1.54) is 32.1 Å². The second kappa shape index (κ2) is 7.32. The summed E-state index contributed by atoms with van der Waals surface area (Å²) in [5.74, 6) is 0.858. The minimum absolute atomic E-state index is 0.650. The van der Waals surface area contributed by atoms with Crippen LogP contribution in [0.3, 0.4) is 0 Å². The Morgan fingerprint density at radius 1 is 1.14 bits per heavy atom. The standard InChI is InChI=1S/C17H24Cl2N2/c18-15-8-4-7-14(17(15)19)11-21-10-9-20-16(12-21)13-5-2-1-3-6-13/h4,7-8,13,16,20H,1-3,5-6,9-12H2. The van der Waals surface area contributed by atoms with E-state index in [9.17, 15) is 0 Å². The molecular formula is C17H24Cl2N2. The molecule has 0 aromatic heterocycles. The molecule has 1 saturated heterocycles. The largest absolute Gasteiger partial charge is 0.311 e. The van der Waals surface area contributed by atoms with Gasteiger partial charge in [0.05, 0.1) is 10.0 Å². The highest BCUT2D eigenvalue weighted by molar-refractivity contribution is 6.42. The van der Waals surface area contributed by atoms with Crippen LogP contribution in [0.15, 0.2) is 18.2 Å². The average Bonchev–Trinajstić information content (AvgIpc) is 2.53. The SMILES string of the molecule is Clc1cccc(CN2CCNC(C3CCCCC3)C2)c1Cl. The zero-order chi connectivity index (χ0) is 14.7. The molecule has 1 aliphatic carbocycles. The molecule has 0 radical (unpaired) electrons. The summed E-state index contributed by atoms with van der Waals surface area (Å²) in [6.07, 6.45) is 7.02. The van der Waals surface area contributed by atoms with E-state index in [1.807, 2.05) is 12.1 Å². The van der Waals surface area contributed by atoms with Crippen molar-refractivity contribution in [1.29, 1.82) is 0 Å². The third-order valence-electron chi connectivity index (χ3n) is 4.93. The maximum atomic E-state index is 6.32. The third kappa shape index (κ3) is 3.92. The van der Waals surface area contributed by atoms with Crippen LogP contribution >= 0.6 is 23.2 Å². The number of nitrogens with zero attached hydrogens (tertiary/aromatic N) is 1. The van der Waals surface area contributed by atoms with Crippen LogP contribution in [-0.2, 0) is 6.54 Å². The highest BCUT2D eigenvalue weighted by Crippen LogP contribution is 2.29. The van der Waals surface area contributed by atoms with E-state index in [-0.39, 0.29) is 0 Å². The summed E-state index contributed by atoms with van der Waals surface area (Å²) in [7, 11) is 0. The molecule has 2 aliphatic rings. The number of piperazine rings is 1. The van der Waals surface area contributed by atoms with Crippen LogP contribution in [-0.4, -0.2) is 30.6 Å². The van der Waals surface area contributed by atoms with Crippen molar-refractivity contribution >= 4 is 23.2 Å². The van der Waals surface area contributed by atoms with Gasteiger partial charge in [0.1, 0.15) is 0 Å². The first kappa shape index (κ1) is 15.6. The summed E-state index contributed by atoms with van der Waals surface area (Å²) >= 11 is 12.4. The fourth-order valence-corrected chi connectivity index (χ4v) is 4.13. The molecule has 1 atom stereocenters. The zero-order valence-corrected chi connectivity index (χ0v) is 14.0. The van der Waals surface area contributed by atoms with Crippen molar-refractivity contribution in [1.82, 2.24) is 10.2 Å². The fourth-order valence-electron chi connectivity index (χ4n) is 3.75. The minimum atomic E-state index is 0.650. The topological polar surface area (TPSA) is 15.3 Å². The maximum Gasteiger partial charge on any atom is 0.0637 e. The molecule has 1 N–H and O–H groups in total. The third-order valence-corrected chi connectivity index (χ3v) is 5.79. The number of rotatable bonds is 3. The van der Waals surface area contributed by atoms with Crippen molar-refractivity contribution in [2.75, 3.05) is 19.6 Å². The van der Waals surface area contributed by atoms with E-state index >= 15 is 0 Å². The number of hydrogen-bond donors (Lipinski definition) is 1. The van der Waals surface area contributed by atoms with Gasteiger partial charge in [0.25, 0.3) is 0 Å². The fraction of sp³-hybridized carbons (Fsp3) is 0.647. The van der Waals surface area contributed by atoms with Crippen LogP contribution < -0.4 is 5.32 Å². The van der Waals surface area contributed by atoms with Crippen LogP contribution in [0.4, 0.5) is 0 Å². The van der Waals surface area contributed by atoms with E-state index < -0.39 is 0 Å². The molecule has 1 saturated carbocycles. The van der Waals surface area contributed by atoms with Crippen molar-refractivity contribution in [3.05, 3.63) is 33.8 Å². The van der Waals surface area contributed by atoms with Crippen molar-refractivity contribution in [2.45, 2.75) is 44.7 Å². The van der Waals surface area contributed by atoms with Crippen molar-refractivity contribution in [3.63, 3.8) is 0 Å². The molecule has 2 nitrogen and oxygen atoms in total. The monoisotopic (exact) mass is 326 g/mol. The van der Waals surface area contributed by atoms with Gasteiger partial charge in [0.15, 0.2) is 0 Å². The maximum absolute atomic E-state index is 6.32. The molecule has 0 amide bonds. The van der Waals surface area contributed by atoms with Gasteiger partial charge < -0.3 is 5.32 Å². The molecule has 116 valence electrons. The van der Waals surface area contributed by atoms with E-state index in [1.54, 1.807) is 0 Å². The molecule has 1 aromatic carbocycles. The molecular weight excluding hydrogens is 303 g/mol. The second-order valence-electron chi connectivity index (χ2n) is 6.41. The highest BCUT2D eigenvalue weighted by Gasteiger charge is 2.28. The van der Waals surface area contributed by atoms with Crippen LogP contribution in [0.2, 0.25) is 10.0 Å². The van der Waals surface area contributed by atoms with E-state index in [4.69, 9.17) is 23.2 Å².